The van der Waals surface area contributed by atoms with Gasteiger partial charge in [0.25, 0.3) is 0 Å². The molecule has 6 fully saturated rings. The first-order valence-corrected chi connectivity index (χ1v) is 9.45. The molecule has 6 aliphatic rings. The van der Waals surface area contributed by atoms with Gasteiger partial charge < -0.3 is 5.11 Å². The van der Waals surface area contributed by atoms with Crippen molar-refractivity contribution in [1.82, 2.24) is 0 Å². The standard InChI is InChI=1S/C20H28O3/c1-17(2)13-4-7-19-9-12-11(20(12,10-19)16(22)23)8-14(19)18(13,3)6-5-15(17)21/h11-14H,4-10H2,1-3H3,(H,22,23)/t11-,12+,13-,14+,18-,19+,20+/m1/s1. The minimum absolute atomic E-state index is 0.192. The SMILES string of the molecule is CC1(C)C(=O)CC[C@]2(C)[C@@H]1CC[C@@]13C[C@H]4[C@@H](C[C@H]12)[C@@]4(C(=O)O)C3. The molecule has 0 saturated heterocycles. The molecule has 6 saturated carbocycles. The predicted octanol–water partition coefficient (Wildman–Crippen LogP) is 3.91. The van der Waals surface area contributed by atoms with E-state index in [1.54, 1.807) is 0 Å². The van der Waals surface area contributed by atoms with Gasteiger partial charge >= 0.3 is 5.97 Å². The average Bonchev–Trinajstić information content (AvgIpc) is 2.99. The molecule has 0 aromatic rings. The molecule has 126 valence electrons. The van der Waals surface area contributed by atoms with Gasteiger partial charge in [-0.1, -0.05) is 20.8 Å². The number of hydrogen-bond donors (Lipinski definition) is 1. The molecule has 6 rings (SSSR count). The molecule has 1 N–H and O–H groups in total. The molecule has 23 heavy (non-hydrogen) atoms. The summed E-state index contributed by atoms with van der Waals surface area (Å²) < 4.78 is 0. The smallest absolute Gasteiger partial charge is 0.310 e. The van der Waals surface area contributed by atoms with Crippen molar-refractivity contribution in [1.29, 1.82) is 0 Å². The second-order valence-electron chi connectivity index (χ2n) is 10.3. The lowest BCUT2D eigenvalue weighted by Crippen LogP contribution is -2.59. The van der Waals surface area contributed by atoms with E-state index in [4.69, 9.17) is 0 Å². The Morgan fingerprint density at radius 1 is 1.13 bits per heavy atom. The summed E-state index contributed by atoms with van der Waals surface area (Å²) in [7, 11) is 0. The lowest BCUT2D eigenvalue weighted by Gasteiger charge is -2.64. The number of carboxylic acid groups (broad SMARTS) is 1. The molecule has 0 amide bonds. The van der Waals surface area contributed by atoms with Gasteiger partial charge in [-0.05, 0) is 73.0 Å². The van der Waals surface area contributed by atoms with Crippen LogP contribution in [-0.4, -0.2) is 16.9 Å². The number of carbonyl (C=O) groups excluding carboxylic acids is 1. The summed E-state index contributed by atoms with van der Waals surface area (Å²) in [4.78, 5) is 24.4. The molecule has 0 aromatic heterocycles. The second-order valence-corrected chi connectivity index (χ2v) is 10.3. The van der Waals surface area contributed by atoms with E-state index in [2.05, 4.69) is 20.8 Å². The van der Waals surface area contributed by atoms with Crippen LogP contribution < -0.4 is 0 Å². The molecule has 1 spiro atoms. The predicted molar refractivity (Wildman–Crippen MR) is 85.7 cm³/mol. The minimum atomic E-state index is -0.519. The van der Waals surface area contributed by atoms with Crippen LogP contribution in [0.2, 0.25) is 0 Å². The third-order valence-corrected chi connectivity index (χ3v) is 9.60. The first-order chi connectivity index (χ1) is 10.7. The van der Waals surface area contributed by atoms with E-state index in [0.717, 1.165) is 44.9 Å². The van der Waals surface area contributed by atoms with Crippen molar-refractivity contribution < 1.29 is 14.7 Å². The number of fused-ring (bicyclic) bond motifs is 1. The fraction of sp³-hybridized carbons (Fsp3) is 0.900. The first kappa shape index (κ1) is 14.5. The third kappa shape index (κ3) is 1.34. The van der Waals surface area contributed by atoms with Gasteiger partial charge in [-0.3, -0.25) is 9.59 Å². The van der Waals surface area contributed by atoms with Crippen LogP contribution in [0.1, 0.15) is 65.7 Å². The molecule has 6 aliphatic carbocycles. The third-order valence-electron chi connectivity index (χ3n) is 9.60. The Morgan fingerprint density at radius 2 is 1.87 bits per heavy atom. The zero-order chi connectivity index (χ0) is 16.4. The molecule has 0 aliphatic heterocycles. The van der Waals surface area contributed by atoms with Gasteiger partial charge in [0.2, 0.25) is 0 Å². The highest BCUT2D eigenvalue weighted by atomic mass is 16.4. The van der Waals surface area contributed by atoms with E-state index in [1.807, 2.05) is 0 Å². The molecular formula is C20H28O3. The van der Waals surface area contributed by atoms with E-state index < -0.39 is 5.97 Å². The summed E-state index contributed by atoms with van der Waals surface area (Å²) in [5, 5.41) is 9.79. The molecule has 7 atom stereocenters. The van der Waals surface area contributed by atoms with Gasteiger partial charge in [0.1, 0.15) is 5.78 Å². The van der Waals surface area contributed by atoms with Crippen molar-refractivity contribution in [2.75, 3.05) is 0 Å². The quantitative estimate of drug-likeness (QED) is 0.798. The van der Waals surface area contributed by atoms with Gasteiger partial charge in [-0.2, -0.15) is 0 Å². The number of hydrogen-bond acceptors (Lipinski definition) is 2. The van der Waals surface area contributed by atoms with Crippen LogP contribution in [0.5, 0.6) is 0 Å². The van der Waals surface area contributed by atoms with Crippen LogP contribution >= 0.6 is 0 Å². The zero-order valence-electron chi connectivity index (χ0n) is 14.5. The summed E-state index contributed by atoms with van der Waals surface area (Å²) >= 11 is 0. The van der Waals surface area contributed by atoms with E-state index in [1.165, 1.54) is 0 Å². The Labute approximate surface area is 138 Å². The van der Waals surface area contributed by atoms with Crippen LogP contribution in [0.15, 0.2) is 0 Å². The molecule has 0 unspecified atom stereocenters. The van der Waals surface area contributed by atoms with Crippen LogP contribution in [0, 0.1) is 45.3 Å². The highest BCUT2D eigenvalue weighted by Gasteiger charge is 2.83. The maximum atomic E-state index is 12.5. The Hall–Kier alpha value is -0.860. The number of carboxylic acids is 1. The Kier molecular flexibility index (Phi) is 2.33. The van der Waals surface area contributed by atoms with Gasteiger partial charge in [0.05, 0.1) is 5.41 Å². The van der Waals surface area contributed by atoms with Crippen molar-refractivity contribution in [3.63, 3.8) is 0 Å². The molecule has 4 bridgehead atoms. The summed E-state index contributed by atoms with van der Waals surface area (Å²) in [6.07, 6.45) is 7.26. The zero-order valence-corrected chi connectivity index (χ0v) is 14.5. The molecular weight excluding hydrogens is 288 g/mol. The van der Waals surface area contributed by atoms with E-state index >= 15 is 0 Å². The highest BCUT2D eigenvalue weighted by Crippen LogP contribution is 2.85. The highest BCUT2D eigenvalue weighted by molar-refractivity contribution is 5.85. The molecule has 0 heterocycles. The van der Waals surface area contributed by atoms with Crippen molar-refractivity contribution in [3.8, 4) is 0 Å². The maximum Gasteiger partial charge on any atom is 0.310 e. The lowest BCUT2D eigenvalue weighted by molar-refractivity contribution is -0.176. The molecule has 3 nitrogen and oxygen atoms in total. The van der Waals surface area contributed by atoms with Crippen LogP contribution in [0.4, 0.5) is 0 Å². The summed E-state index contributed by atoms with van der Waals surface area (Å²) in [6.45, 7) is 6.78. The summed E-state index contributed by atoms with van der Waals surface area (Å²) in [5.41, 5.74) is -0.0181. The molecule has 0 aromatic carbocycles. The largest absolute Gasteiger partial charge is 0.481 e. The molecule has 0 radical (unpaired) electrons. The number of aliphatic carboxylic acids is 1. The van der Waals surface area contributed by atoms with Crippen molar-refractivity contribution in [2.24, 2.45) is 45.3 Å². The van der Waals surface area contributed by atoms with Gasteiger partial charge in [-0.25, -0.2) is 0 Å². The number of rotatable bonds is 1. The fourth-order valence-corrected chi connectivity index (χ4v) is 8.59. The lowest BCUT2D eigenvalue weighted by atomic mass is 9.39. The van der Waals surface area contributed by atoms with E-state index in [0.29, 0.717) is 29.5 Å². The van der Waals surface area contributed by atoms with Gasteiger partial charge in [-0.15, -0.1) is 0 Å². The van der Waals surface area contributed by atoms with Gasteiger partial charge in [0.15, 0.2) is 0 Å². The Morgan fingerprint density at radius 3 is 2.52 bits per heavy atom. The van der Waals surface area contributed by atoms with Crippen LogP contribution in [0.3, 0.4) is 0 Å². The van der Waals surface area contributed by atoms with Crippen LogP contribution in [-0.2, 0) is 9.59 Å². The normalized spacial score (nSPS) is 58.3. The fourth-order valence-electron chi connectivity index (χ4n) is 8.59. The van der Waals surface area contributed by atoms with Crippen molar-refractivity contribution >= 4 is 11.8 Å². The second kappa shape index (κ2) is 3.70. The number of carbonyl (C=O) groups is 2. The summed E-state index contributed by atoms with van der Waals surface area (Å²) in [5.74, 6) is 1.97. The number of Topliss-reactive ketones (excluding diaryl/α,β-unsaturated/α-hetero) is 1. The van der Waals surface area contributed by atoms with Crippen molar-refractivity contribution in [3.05, 3.63) is 0 Å². The Balaban J connectivity index is 1.55. The average molecular weight is 316 g/mol. The van der Waals surface area contributed by atoms with Crippen LogP contribution in [0.25, 0.3) is 0 Å². The van der Waals surface area contributed by atoms with E-state index in [9.17, 15) is 14.7 Å². The number of ketones is 1. The minimum Gasteiger partial charge on any atom is -0.481 e. The monoisotopic (exact) mass is 316 g/mol. The first-order valence-electron chi connectivity index (χ1n) is 9.45. The maximum absolute atomic E-state index is 12.5. The van der Waals surface area contributed by atoms with Crippen molar-refractivity contribution in [2.45, 2.75) is 65.7 Å². The topological polar surface area (TPSA) is 54.4 Å². The van der Waals surface area contributed by atoms with E-state index in [-0.39, 0.29) is 21.7 Å². The summed E-state index contributed by atoms with van der Waals surface area (Å²) in [6, 6.07) is 0. The molecule has 3 heteroatoms. The Bertz CT molecular complexity index is 637. The van der Waals surface area contributed by atoms with Gasteiger partial charge in [0, 0.05) is 11.8 Å².